The number of nitrogens with zero attached hydrogens (tertiary/aromatic N) is 1. The van der Waals surface area contributed by atoms with Crippen LogP contribution in [-0.2, 0) is 14.8 Å². The molecule has 1 aliphatic heterocycles. The molecular formula is C21H33BrN2O3S. The SMILES string of the molecule is C=CCC(CCCCCOC1CCN(S(=O)(=O)c2ccc(Br)cc2)CC1)NC. The van der Waals surface area contributed by atoms with E-state index in [4.69, 9.17) is 4.74 Å². The van der Waals surface area contributed by atoms with Crippen LogP contribution in [0.15, 0.2) is 46.3 Å². The lowest BCUT2D eigenvalue weighted by atomic mass is 10.1. The van der Waals surface area contributed by atoms with E-state index in [-0.39, 0.29) is 6.10 Å². The van der Waals surface area contributed by atoms with Crippen molar-refractivity contribution in [3.63, 3.8) is 0 Å². The summed E-state index contributed by atoms with van der Waals surface area (Å²) in [5, 5.41) is 3.32. The second kappa shape index (κ2) is 12.1. The first kappa shape index (κ1) is 23.5. The third kappa shape index (κ3) is 7.26. The van der Waals surface area contributed by atoms with Gasteiger partial charge in [-0.2, -0.15) is 4.31 Å². The molecule has 1 aliphatic rings. The van der Waals surface area contributed by atoms with Gasteiger partial charge in [-0.15, -0.1) is 6.58 Å². The van der Waals surface area contributed by atoms with E-state index in [1.807, 2.05) is 13.1 Å². The van der Waals surface area contributed by atoms with Crippen molar-refractivity contribution in [2.75, 3.05) is 26.7 Å². The summed E-state index contributed by atoms with van der Waals surface area (Å²) in [4.78, 5) is 0.353. The summed E-state index contributed by atoms with van der Waals surface area (Å²) in [6.07, 6.45) is 9.23. The third-order valence-corrected chi connectivity index (χ3v) is 7.70. The molecule has 1 saturated heterocycles. The second-order valence-corrected chi connectivity index (χ2v) is 10.1. The van der Waals surface area contributed by atoms with Crippen LogP contribution >= 0.6 is 15.9 Å². The van der Waals surface area contributed by atoms with Gasteiger partial charge >= 0.3 is 0 Å². The van der Waals surface area contributed by atoms with E-state index >= 15 is 0 Å². The van der Waals surface area contributed by atoms with Crippen LogP contribution in [-0.4, -0.2) is 51.6 Å². The number of sulfonamides is 1. The highest BCUT2D eigenvalue weighted by molar-refractivity contribution is 9.10. The Morgan fingerprint density at radius 2 is 1.93 bits per heavy atom. The zero-order chi connectivity index (χ0) is 20.4. The van der Waals surface area contributed by atoms with Gasteiger partial charge in [0.2, 0.25) is 10.0 Å². The molecule has 2 rings (SSSR count). The Hall–Kier alpha value is -0.730. The van der Waals surface area contributed by atoms with Gasteiger partial charge in [-0.3, -0.25) is 0 Å². The zero-order valence-corrected chi connectivity index (χ0v) is 19.2. The molecule has 1 N–H and O–H groups in total. The Morgan fingerprint density at radius 1 is 1.25 bits per heavy atom. The van der Waals surface area contributed by atoms with Crippen LogP contribution in [0.4, 0.5) is 0 Å². The lowest BCUT2D eigenvalue weighted by Crippen LogP contribution is -2.40. The van der Waals surface area contributed by atoms with Gasteiger partial charge in [0.1, 0.15) is 0 Å². The van der Waals surface area contributed by atoms with Gasteiger partial charge in [0.15, 0.2) is 0 Å². The molecule has 0 spiro atoms. The molecule has 0 aliphatic carbocycles. The standard InChI is InChI=1S/C21H33BrN2O3S/c1-3-7-19(23-2)8-5-4-6-17-27-20-13-15-24(16-14-20)28(25,26)21-11-9-18(22)10-12-21/h3,9-12,19-20,23H,1,4-8,13-17H2,2H3. The maximum absolute atomic E-state index is 12.7. The van der Waals surface area contributed by atoms with Crippen LogP contribution in [0.1, 0.15) is 44.9 Å². The van der Waals surface area contributed by atoms with E-state index in [9.17, 15) is 8.42 Å². The molecule has 7 heteroatoms. The second-order valence-electron chi connectivity index (χ2n) is 7.29. The summed E-state index contributed by atoms with van der Waals surface area (Å²) in [6.45, 7) is 5.60. The number of piperidine rings is 1. The number of halogens is 1. The number of benzene rings is 1. The number of ether oxygens (including phenoxy) is 1. The fraction of sp³-hybridized carbons (Fsp3) is 0.619. The highest BCUT2D eigenvalue weighted by atomic mass is 79.9. The van der Waals surface area contributed by atoms with Gasteiger partial charge in [-0.1, -0.05) is 34.8 Å². The zero-order valence-electron chi connectivity index (χ0n) is 16.8. The molecule has 1 unspecified atom stereocenters. The number of rotatable bonds is 12. The summed E-state index contributed by atoms with van der Waals surface area (Å²) in [5.74, 6) is 0. The first-order valence-electron chi connectivity index (χ1n) is 10.1. The highest BCUT2D eigenvalue weighted by Crippen LogP contribution is 2.23. The molecule has 1 aromatic carbocycles. The van der Waals surface area contributed by atoms with Gasteiger partial charge in [-0.25, -0.2) is 8.42 Å². The number of hydrogen-bond acceptors (Lipinski definition) is 4. The van der Waals surface area contributed by atoms with E-state index in [1.54, 1.807) is 28.6 Å². The summed E-state index contributed by atoms with van der Waals surface area (Å²) >= 11 is 3.34. The molecule has 0 aromatic heterocycles. The van der Waals surface area contributed by atoms with Crippen molar-refractivity contribution in [3.05, 3.63) is 41.4 Å². The minimum absolute atomic E-state index is 0.169. The molecule has 0 radical (unpaired) electrons. The van der Waals surface area contributed by atoms with Crippen LogP contribution < -0.4 is 5.32 Å². The normalized spacial score (nSPS) is 17.5. The maximum atomic E-state index is 12.7. The van der Waals surface area contributed by atoms with E-state index in [0.717, 1.165) is 49.6 Å². The number of hydrogen-bond donors (Lipinski definition) is 1. The van der Waals surface area contributed by atoms with Crippen molar-refractivity contribution in [2.45, 2.75) is 62.0 Å². The Bertz CT molecular complexity index is 686. The Kier molecular flexibility index (Phi) is 10.2. The fourth-order valence-electron chi connectivity index (χ4n) is 3.50. The first-order chi connectivity index (χ1) is 13.5. The number of nitrogens with one attached hydrogen (secondary N) is 1. The topological polar surface area (TPSA) is 58.6 Å². The average Bonchev–Trinajstić information content (AvgIpc) is 2.70. The predicted molar refractivity (Wildman–Crippen MR) is 118 cm³/mol. The Labute approximate surface area is 178 Å². The van der Waals surface area contributed by atoms with Crippen molar-refractivity contribution in [2.24, 2.45) is 0 Å². The van der Waals surface area contributed by atoms with Gasteiger partial charge in [0.05, 0.1) is 11.0 Å². The van der Waals surface area contributed by atoms with Gasteiger partial charge in [-0.05, 0) is 63.4 Å². The van der Waals surface area contributed by atoms with Crippen LogP contribution in [0, 0.1) is 0 Å². The van der Waals surface area contributed by atoms with Crippen molar-refractivity contribution >= 4 is 26.0 Å². The molecule has 1 aromatic rings. The maximum Gasteiger partial charge on any atom is 0.243 e. The summed E-state index contributed by atoms with van der Waals surface area (Å²) in [5.41, 5.74) is 0. The van der Waals surface area contributed by atoms with Gasteiger partial charge in [0, 0.05) is 30.2 Å². The monoisotopic (exact) mass is 472 g/mol. The molecule has 158 valence electrons. The van der Waals surface area contributed by atoms with E-state index < -0.39 is 10.0 Å². The molecule has 28 heavy (non-hydrogen) atoms. The molecule has 1 fully saturated rings. The molecular weight excluding hydrogens is 440 g/mol. The van der Waals surface area contributed by atoms with Crippen LogP contribution in [0.2, 0.25) is 0 Å². The van der Waals surface area contributed by atoms with E-state index in [2.05, 4.69) is 27.8 Å². The summed E-state index contributed by atoms with van der Waals surface area (Å²) in [6, 6.07) is 7.35. The van der Waals surface area contributed by atoms with E-state index in [0.29, 0.717) is 24.0 Å². The first-order valence-corrected chi connectivity index (χ1v) is 12.4. The minimum atomic E-state index is -3.41. The lowest BCUT2D eigenvalue weighted by Gasteiger charge is -2.31. The van der Waals surface area contributed by atoms with Crippen LogP contribution in [0.5, 0.6) is 0 Å². The average molecular weight is 473 g/mol. The molecule has 0 bridgehead atoms. The Balaban J connectivity index is 1.64. The van der Waals surface area contributed by atoms with Crippen molar-refractivity contribution in [1.82, 2.24) is 9.62 Å². The molecule has 5 nitrogen and oxygen atoms in total. The fourth-order valence-corrected chi connectivity index (χ4v) is 5.23. The van der Waals surface area contributed by atoms with Crippen molar-refractivity contribution < 1.29 is 13.2 Å². The minimum Gasteiger partial charge on any atom is -0.378 e. The Morgan fingerprint density at radius 3 is 2.54 bits per heavy atom. The highest BCUT2D eigenvalue weighted by Gasteiger charge is 2.29. The molecule has 0 saturated carbocycles. The smallest absolute Gasteiger partial charge is 0.243 e. The molecule has 0 amide bonds. The summed E-state index contributed by atoms with van der Waals surface area (Å²) in [7, 11) is -1.41. The third-order valence-electron chi connectivity index (χ3n) is 5.26. The predicted octanol–water partition coefficient (Wildman–Crippen LogP) is 4.34. The molecule has 1 heterocycles. The largest absolute Gasteiger partial charge is 0.378 e. The van der Waals surface area contributed by atoms with Crippen LogP contribution in [0.3, 0.4) is 0 Å². The number of unbranched alkanes of at least 4 members (excludes halogenated alkanes) is 2. The molecule has 1 atom stereocenters. The van der Waals surface area contributed by atoms with E-state index in [1.165, 1.54) is 6.42 Å². The lowest BCUT2D eigenvalue weighted by molar-refractivity contribution is 0.0192. The quantitative estimate of drug-likeness (QED) is 0.363. The van der Waals surface area contributed by atoms with Crippen LogP contribution in [0.25, 0.3) is 0 Å². The van der Waals surface area contributed by atoms with Crippen molar-refractivity contribution in [1.29, 1.82) is 0 Å². The van der Waals surface area contributed by atoms with Crippen molar-refractivity contribution in [3.8, 4) is 0 Å². The van der Waals surface area contributed by atoms with Gasteiger partial charge < -0.3 is 10.1 Å². The van der Waals surface area contributed by atoms with Gasteiger partial charge in [0.25, 0.3) is 0 Å². The summed E-state index contributed by atoms with van der Waals surface area (Å²) < 4.78 is 33.9.